The van der Waals surface area contributed by atoms with E-state index in [1.54, 1.807) is 18.2 Å². The molecule has 0 radical (unpaired) electrons. The van der Waals surface area contributed by atoms with Crippen LogP contribution < -0.4 is 10.2 Å². The van der Waals surface area contributed by atoms with E-state index >= 15 is 0 Å². The van der Waals surface area contributed by atoms with Gasteiger partial charge in [-0.25, -0.2) is 0 Å². The van der Waals surface area contributed by atoms with Gasteiger partial charge in [-0.15, -0.1) is 0 Å². The maximum Gasteiger partial charge on any atom is 0.327 e. The van der Waals surface area contributed by atoms with E-state index in [9.17, 15) is 4.79 Å². The first-order valence-corrected chi connectivity index (χ1v) is 9.24. The number of methoxy groups -OCH3 is 1. The molecule has 2 rings (SSSR count). The van der Waals surface area contributed by atoms with Crippen molar-refractivity contribution in [2.24, 2.45) is 0 Å². The van der Waals surface area contributed by atoms with Crippen LogP contribution in [0.1, 0.15) is 26.3 Å². The molecule has 0 aliphatic heterocycles. The van der Waals surface area contributed by atoms with Gasteiger partial charge in [-0.3, -0.25) is 4.79 Å². The molecule has 0 unspecified atom stereocenters. The summed E-state index contributed by atoms with van der Waals surface area (Å²) in [6.07, 6.45) is 1.24. The largest absolute Gasteiger partial charge is 0.497 e. The fourth-order valence-electron chi connectivity index (χ4n) is 2.17. The summed E-state index contributed by atoms with van der Waals surface area (Å²) >= 11 is 0. The molecule has 0 saturated heterocycles. The monoisotopic (exact) mass is 371 g/mol. The molecule has 0 fully saturated rings. The minimum absolute atomic E-state index is 0.205. The molecule has 0 atom stereocenters. The Morgan fingerprint density at radius 3 is 2.28 bits per heavy atom. The van der Waals surface area contributed by atoms with Crippen LogP contribution in [0.2, 0.25) is 0 Å². The fraction of sp³-hybridized carbons (Fsp3) is 0.471. The molecule has 0 spiro atoms. The Morgan fingerprint density at radius 1 is 1.16 bits per heavy atom. The van der Waals surface area contributed by atoms with Gasteiger partial charge in [0.15, 0.2) is 5.43 Å². The number of rotatable bonds is 7. The van der Waals surface area contributed by atoms with E-state index in [1.807, 2.05) is 0 Å². The molecule has 0 bridgehead atoms. The lowest BCUT2D eigenvalue weighted by molar-refractivity contribution is 0.243. The Hall–Kier alpha value is -1.50. The average molecular weight is 371 g/mol. The summed E-state index contributed by atoms with van der Waals surface area (Å²) in [6, 6.07) is 4.84. The van der Waals surface area contributed by atoms with E-state index < -0.39 is 8.60 Å². The minimum Gasteiger partial charge on any atom is -0.497 e. The van der Waals surface area contributed by atoms with Gasteiger partial charge in [-0.1, -0.05) is 20.8 Å². The second-order valence-electron chi connectivity index (χ2n) is 5.10. The normalized spacial score (nSPS) is 10.9. The molecule has 1 aromatic heterocycles. The van der Waals surface area contributed by atoms with Crippen LogP contribution in [0.3, 0.4) is 0 Å². The summed E-state index contributed by atoms with van der Waals surface area (Å²) in [5.74, 6) is 0.587. The minimum atomic E-state index is -2.49. The van der Waals surface area contributed by atoms with E-state index in [1.165, 1.54) is 33.0 Å². The van der Waals surface area contributed by atoms with Crippen molar-refractivity contribution in [3.63, 3.8) is 0 Å². The van der Waals surface area contributed by atoms with Crippen LogP contribution in [0.5, 0.6) is 5.75 Å². The molecule has 1 heterocycles. The maximum absolute atomic E-state index is 12.0. The average Bonchev–Trinajstić information content (AvgIpc) is 2.62. The number of hydrogen-bond acceptors (Lipinski definition) is 7. The summed E-state index contributed by atoms with van der Waals surface area (Å²) in [5.41, 5.74) is 0.359. The van der Waals surface area contributed by atoms with E-state index in [0.717, 1.165) is 0 Å². The van der Waals surface area contributed by atoms with Gasteiger partial charge in [0.2, 0.25) is 0 Å². The highest BCUT2D eigenvalue weighted by Gasteiger charge is 2.10. The van der Waals surface area contributed by atoms with Crippen LogP contribution in [0, 0.1) is 0 Å². The zero-order valence-electron chi connectivity index (χ0n) is 15.1. The lowest BCUT2D eigenvalue weighted by atomic mass is 10.2. The summed E-state index contributed by atoms with van der Waals surface area (Å²) in [5, 5.41) is 0.386. The molecule has 7 nitrogen and oxygen atoms in total. The third-order valence-electron chi connectivity index (χ3n) is 3.73. The molecule has 2 aromatic rings. The predicted octanol–water partition coefficient (Wildman–Crippen LogP) is 2.88. The fourth-order valence-corrected chi connectivity index (χ4v) is 2.43. The smallest absolute Gasteiger partial charge is 0.327 e. The van der Waals surface area contributed by atoms with Crippen molar-refractivity contribution in [3.8, 4) is 5.75 Å². The first-order valence-electron chi connectivity index (χ1n) is 8.08. The Labute approximate surface area is 148 Å². The van der Waals surface area contributed by atoms with Crippen LogP contribution >= 0.6 is 8.60 Å². The number of nitrogens with zero attached hydrogens (tertiary/aromatic N) is 1. The molecule has 0 aliphatic carbocycles. The van der Waals surface area contributed by atoms with Gasteiger partial charge in [-0.05, 0) is 31.8 Å². The van der Waals surface area contributed by atoms with Gasteiger partial charge in [0, 0.05) is 6.07 Å². The van der Waals surface area contributed by atoms with Crippen molar-refractivity contribution in [2.45, 2.75) is 27.4 Å². The topological polar surface area (TPSA) is 92.4 Å². The second-order valence-corrected chi connectivity index (χ2v) is 5.86. The number of hydrogen-bond donors (Lipinski definition) is 2. The van der Waals surface area contributed by atoms with Crippen molar-refractivity contribution in [1.29, 1.82) is 0 Å². The lowest BCUT2D eigenvalue weighted by Crippen LogP contribution is -2.21. The van der Waals surface area contributed by atoms with Crippen LogP contribution in [0.4, 0.5) is 0 Å². The Balaban J connectivity index is 0.000000381. The summed E-state index contributed by atoms with van der Waals surface area (Å²) < 4.78 is 14.9. The van der Waals surface area contributed by atoms with Crippen molar-refractivity contribution in [1.82, 2.24) is 4.90 Å². The first-order chi connectivity index (χ1) is 12.0. The quantitative estimate of drug-likeness (QED) is 0.723. The molecule has 25 heavy (non-hydrogen) atoms. The first kappa shape index (κ1) is 21.5. The second kappa shape index (κ2) is 11.2. The van der Waals surface area contributed by atoms with Gasteiger partial charge in [-0.2, -0.15) is 0 Å². The SMILES string of the molecule is CCN(CC)CC.COc1ccc2c(=O)c(COP(O)O)coc2c1. The van der Waals surface area contributed by atoms with Crippen LogP contribution in [0.25, 0.3) is 11.0 Å². The van der Waals surface area contributed by atoms with Gasteiger partial charge < -0.3 is 28.4 Å². The van der Waals surface area contributed by atoms with Crippen LogP contribution in [0.15, 0.2) is 33.7 Å². The van der Waals surface area contributed by atoms with Gasteiger partial charge in [0.25, 0.3) is 0 Å². The maximum atomic E-state index is 12.0. The van der Waals surface area contributed by atoms with Gasteiger partial charge >= 0.3 is 8.60 Å². The molecule has 0 amide bonds. The molecule has 1 aromatic carbocycles. The standard InChI is InChI=1S/C11H11O6P.C6H15N/c1-15-8-2-3-9-10(4-8)16-5-7(11(9)12)6-17-18(13)14;1-4-7(5-2)6-3/h2-5,13-14H,6H2,1H3;4-6H2,1-3H3. The third kappa shape index (κ3) is 6.72. The number of fused-ring (bicyclic) bond motifs is 1. The van der Waals surface area contributed by atoms with E-state index in [4.69, 9.17) is 18.9 Å². The van der Waals surface area contributed by atoms with Crippen LogP contribution in [-0.4, -0.2) is 41.4 Å². The predicted molar refractivity (Wildman–Crippen MR) is 98.6 cm³/mol. The zero-order chi connectivity index (χ0) is 18.8. The molecule has 0 saturated carbocycles. The third-order valence-corrected chi connectivity index (χ3v) is 4.09. The van der Waals surface area contributed by atoms with Crippen LogP contribution in [-0.2, 0) is 11.1 Å². The van der Waals surface area contributed by atoms with Crippen molar-refractivity contribution < 1.29 is 23.5 Å². The Morgan fingerprint density at radius 2 is 1.80 bits per heavy atom. The number of ether oxygens (including phenoxy) is 1. The highest BCUT2D eigenvalue weighted by molar-refractivity contribution is 7.39. The summed E-state index contributed by atoms with van der Waals surface area (Å²) in [4.78, 5) is 31.6. The molecule has 0 aliphatic rings. The van der Waals surface area contributed by atoms with Crippen molar-refractivity contribution in [2.75, 3.05) is 26.7 Å². The molecule has 8 heteroatoms. The highest BCUT2D eigenvalue weighted by Crippen LogP contribution is 2.26. The highest BCUT2D eigenvalue weighted by atomic mass is 31.2. The zero-order valence-corrected chi connectivity index (χ0v) is 16.0. The van der Waals surface area contributed by atoms with Crippen molar-refractivity contribution >= 4 is 19.6 Å². The molecule has 2 N–H and O–H groups in total. The molecular formula is C17H26NO6P. The van der Waals surface area contributed by atoms with Gasteiger partial charge in [0.1, 0.15) is 17.6 Å². The summed E-state index contributed by atoms with van der Waals surface area (Å²) in [6.45, 7) is 9.92. The van der Waals surface area contributed by atoms with Gasteiger partial charge in [0.05, 0.1) is 24.7 Å². The number of benzene rings is 1. The van der Waals surface area contributed by atoms with E-state index in [2.05, 4.69) is 30.2 Å². The Bertz CT molecular complexity index is 694. The molecular weight excluding hydrogens is 345 g/mol. The summed E-state index contributed by atoms with van der Waals surface area (Å²) in [7, 11) is -0.968. The van der Waals surface area contributed by atoms with E-state index in [-0.39, 0.29) is 17.6 Å². The van der Waals surface area contributed by atoms with Crippen molar-refractivity contribution in [3.05, 3.63) is 40.2 Å². The molecule has 140 valence electrons. The lowest BCUT2D eigenvalue weighted by Gasteiger charge is -2.13. The van der Waals surface area contributed by atoms with E-state index in [0.29, 0.717) is 16.7 Å². The Kier molecular flexibility index (Phi) is 9.63.